The van der Waals surface area contributed by atoms with Crippen LogP contribution in [-0.2, 0) is 10.8 Å². The Labute approximate surface area is 408 Å². The lowest BCUT2D eigenvalue weighted by molar-refractivity contribution is 0.669. The van der Waals surface area contributed by atoms with Crippen LogP contribution in [0, 0.1) is 0 Å². The van der Waals surface area contributed by atoms with Crippen molar-refractivity contribution in [3.63, 3.8) is 0 Å². The topological polar surface area (TPSA) is 16.4 Å². The Hall–Kier alpha value is -8.98. The van der Waals surface area contributed by atoms with Gasteiger partial charge in [-0.2, -0.15) is 0 Å². The molecule has 0 aliphatic heterocycles. The maximum atomic E-state index is 7.25. The lowest BCUT2D eigenvalue weighted by Crippen LogP contribution is -2.28. The van der Waals surface area contributed by atoms with Crippen molar-refractivity contribution < 1.29 is 4.42 Å². The molecule has 2 aliphatic carbocycles. The molecule has 2 nitrogen and oxygen atoms in total. The van der Waals surface area contributed by atoms with Crippen LogP contribution in [0.4, 0.5) is 17.1 Å². The first-order chi connectivity index (χ1) is 34.7. The van der Waals surface area contributed by atoms with Gasteiger partial charge in [-0.3, -0.25) is 0 Å². The van der Waals surface area contributed by atoms with Crippen LogP contribution in [0.3, 0.4) is 0 Å². The van der Waals surface area contributed by atoms with Crippen molar-refractivity contribution in [3.8, 4) is 33.4 Å². The molecule has 0 saturated carbocycles. The molecule has 0 spiro atoms. The fourth-order valence-electron chi connectivity index (χ4n) is 12.4. The highest BCUT2D eigenvalue weighted by Gasteiger charge is 2.48. The maximum absolute atomic E-state index is 7.25. The summed E-state index contributed by atoms with van der Waals surface area (Å²) >= 11 is 0. The number of hydrogen-bond donors (Lipinski definition) is 0. The second-order valence-electron chi connectivity index (χ2n) is 18.6. The summed E-state index contributed by atoms with van der Waals surface area (Å²) in [7, 11) is 0. The molecule has 0 N–H and O–H groups in total. The lowest BCUT2D eigenvalue weighted by Gasteiger charge is -2.34. The predicted molar refractivity (Wildman–Crippen MR) is 288 cm³/mol. The zero-order valence-electron chi connectivity index (χ0n) is 38.3. The van der Waals surface area contributed by atoms with Gasteiger partial charge in [0.1, 0.15) is 11.2 Å². The molecule has 0 amide bonds. The largest absolute Gasteiger partial charge is 0.455 e. The Bertz CT molecular complexity index is 3830. The van der Waals surface area contributed by atoms with Gasteiger partial charge in [-0.05, 0) is 109 Å². The fourth-order valence-corrected chi connectivity index (χ4v) is 12.4. The maximum Gasteiger partial charge on any atom is 0.143 e. The van der Waals surface area contributed by atoms with Crippen molar-refractivity contribution in [2.75, 3.05) is 4.90 Å². The molecule has 12 aromatic rings. The number of fused-ring (bicyclic) bond motifs is 10. The molecular weight excluding hydrogens is 847 g/mol. The van der Waals surface area contributed by atoms with Crippen LogP contribution in [0.2, 0.25) is 0 Å². The molecule has 11 aromatic carbocycles. The van der Waals surface area contributed by atoms with Crippen LogP contribution in [0.15, 0.2) is 277 Å². The normalized spacial score (nSPS) is 13.7. The van der Waals surface area contributed by atoms with E-state index in [1.807, 2.05) is 0 Å². The van der Waals surface area contributed by atoms with Crippen LogP contribution in [-0.4, -0.2) is 0 Å². The van der Waals surface area contributed by atoms with Gasteiger partial charge in [0, 0.05) is 22.3 Å². The smallest absolute Gasteiger partial charge is 0.143 e. The molecule has 2 heteroatoms. The standard InChI is InChI=1S/C68H45NO/c1-5-20-46(21-6-1)47-36-40-52(41-37-47)69(53-42-38-51(39-43-53)67(48-22-7-2-8-23-48)58-31-16-13-28-54(58)55-29-14-17-32-59(55)67)62-34-19-35-63-65(62)57-44-45-61-64(66(57)70-63)56-30-15-18-33-60(56)68(61,49-24-9-3-10-25-49)50-26-11-4-12-27-50/h1-45H. The highest BCUT2D eigenvalue weighted by molar-refractivity contribution is 6.17. The van der Waals surface area contributed by atoms with Gasteiger partial charge in [-0.1, -0.05) is 237 Å². The number of anilines is 3. The predicted octanol–water partition coefficient (Wildman–Crippen LogP) is 17.4. The summed E-state index contributed by atoms with van der Waals surface area (Å²) < 4.78 is 7.25. The summed E-state index contributed by atoms with van der Waals surface area (Å²) in [6.45, 7) is 0. The summed E-state index contributed by atoms with van der Waals surface area (Å²) in [5.41, 5.74) is 21.2. The molecule has 14 rings (SSSR count). The van der Waals surface area contributed by atoms with Gasteiger partial charge in [0.2, 0.25) is 0 Å². The molecule has 328 valence electrons. The van der Waals surface area contributed by atoms with Gasteiger partial charge < -0.3 is 9.32 Å². The summed E-state index contributed by atoms with van der Waals surface area (Å²) in [5, 5.41) is 2.16. The molecule has 1 heterocycles. The second-order valence-corrected chi connectivity index (χ2v) is 18.6. The van der Waals surface area contributed by atoms with Crippen LogP contribution >= 0.6 is 0 Å². The number of rotatable bonds is 8. The van der Waals surface area contributed by atoms with E-state index in [2.05, 4.69) is 278 Å². The van der Waals surface area contributed by atoms with Crippen LogP contribution < -0.4 is 4.90 Å². The molecule has 0 radical (unpaired) electrons. The van der Waals surface area contributed by atoms with E-state index in [4.69, 9.17) is 4.42 Å². The van der Waals surface area contributed by atoms with Crippen molar-refractivity contribution in [1.29, 1.82) is 0 Å². The van der Waals surface area contributed by atoms with Gasteiger partial charge in [0.15, 0.2) is 0 Å². The average Bonchev–Trinajstić information content (AvgIpc) is 4.08. The zero-order chi connectivity index (χ0) is 46.2. The first kappa shape index (κ1) is 40.1. The summed E-state index contributed by atoms with van der Waals surface area (Å²) in [5.74, 6) is 0. The zero-order valence-corrected chi connectivity index (χ0v) is 38.3. The van der Waals surface area contributed by atoms with Crippen molar-refractivity contribution in [2.45, 2.75) is 10.8 Å². The van der Waals surface area contributed by atoms with Crippen molar-refractivity contribution >= 4 is 39.0 Å². The molecule has 0 bridgehead atoms. The highest BCUT2D eigenvalue weighted by Crippen LogP contribution is 2.60. The Morgan fingerprint density at radius 3 is 1.29 bits per heavy atom. The number of furan rings is 1. The number of nitrogens with zero attached hydrogens (tertiary/aromatic N) is 1. The summed E-state index contributed by atoms with van der Waals surface area (Å²) in [4.78, 5) is 2.42. The molecule has 0 atom stereocenters. The van der Waals surface area contributed by atoms with Gasteiger partial charge in [0.05, 0.1) is 21.9 Å². The molecule has 0 unspecified atom stereocenters. The minimum atomic E-state index is -0.532. The van der Waals surface area contributed by atoms with Crippen LogP contribution in [0.1, 0.15) is 44.5 Å². The Kier molecular flexibility index (Phi) is 9.06. The third-order valence-electron chi connectivity index (χ3n) is 15.3. The minimum Gasteiger partial charge on any atom is -0.455 e. The van der Waals surface area contributed by atoms with Gasteiger partial charge in [-0.15, -0.1) is 0 Å². The molecule has 2 aliphatic rings. The van der Waals surface area contributed by atoms with E-state index in [1.165, 1.54) is 72.3 Å². The molecule has 0 saturated heterocycles. The van der Waals surface area contributed by atoms with Gasteiger partial charge in [-0.25, -0.2) is 0 Å². The average molecular weight is 892 g/mol. The molecule has 1 aromatic heterocycles. The van der Waals surface area contributed by atoms with E-state index < -0.39 is 10.8 Å². The summed E-state index contributed by atoms with van der Waals surface area (Å²) in [6, 6.07) is 100. The second kappa shape index (κ2) is 15.8. The highest BCUT2D eigenvalue weighted by atomic mass is 16.3. The van der Waals surface area contributed by atoms with Crippen LogP contribution in [0.25, 0.3) is 55.3 Å². The SMILES string of the molecule is c1ccc(-c2ccc(N(c3ccc(C4(c5ccccc5)c5ccccc5-c5ccccc54)cc3)c3cccc4oc5c6c(ccc5c34)C(c3ccccc3)(c3ccccc3)c3ccccc3-6)cc2)cc1. The van der Waals surface area contributed by atoms with Gasteiger partial charge >= 0.3 is 0 Å². The minimum absolute atomic E-state index is 0.499. The van der Waals surface area contributed by atoms with E-state index in [0.717, 1.165) is 44.6 Å². The van der Waals surface area contributed by atoms with Crippen molar-refractivity contribution in [2.24, 2.45) is 0 Å². The third-order valence-corrected chi connectivity index (χ3v) is 15.3. The number of hydrogen-bond acceptors (Lipinski definition) is 2. The first-order valence-electron chi connectivity index (χ1n) is 24.3. The Morgan fingerprint density at radius 2 is 0.729 bits per heavy atom. The monoisotopic (exact) mass is 891 g/mol. The molecule has 70 heavy (non-hydrogen) atoms. The Morgan fingerprint density at radius 1 is 0.300 bits per heavy atom. The third kappa shape index (κ3) is 5.68. The quantitative estimate of drug-likeness (QED) is 0.151. The Balaban J connectivity index is 0.994. The van der Waals surface area contributed by atoms with E-state index in [9.17, 15) is 0 Å². The van der Waals surface area contributed by atoms with Crippen LogP contribution in [0.5, 0.6) is 0 Å². The van der Waals surface area contributed by atoms with E-state index >= 15 is 0 Å². The first-order valence-corrected chi connectivity index (χ1v) is 24.3. The van der Waals surface area contributed by atoms with Gasteiger partial charge in [0.25, 0.3) is 0 Å². The van der Waals surface area contributed by atoms with E-state index in [0.29, 0.717) is 0 Å². The molecular formula is C68H45NO. The summed E-state index contributed by atoms with van der Waals surface area (Å²) in [6.07, 6.45) is 0. The van der Waals surface area contributed by atoms with E-state index in [-0.39, 0.29) is 0 Å². The van der Waals surface area contributed by atoms with Crippen molar-refractivity contribution in [1.82, 2.24) is 0 Å². The fraction of sp³-hybridized carbons (Fsp3) is 0.0294. The van der Waals surface area contributed by atoms with Crippen molar-refractivity contribution in [3.05, 3.63) is 317 Å². The lowest BCUT2D eigenvalue weighted by atomic mass is 9.67. The van der Waals surface area contributed by atoms with E-state index in [1.54, 1.807) is 0 Å². The number of benzene rings is 11. The molecule has 0 fully saturated rings.